The summed E-state index contributed by atoms with van der Waals surface area (Å²) >= 11 is 3.49. The molecule has 0 saturated carbocycles. The second-order valence-corrected chi connectivity index (χ2v) is 7.13. The Kier molecular flexibility index (Phi) is 9.10. The van der Waals surface area contributed by atoms with Crippen molar-refractivity contribution in [1.82, 2.24) is 0 Å². The van der Waals surface area contributed by atoms with E-state index in [2.05, 4.69) is 27.6 Å². The van der Waals surface area contributed by atoms with Crippen LogP contribution in [0, 0.1) is 11.3 Å². The number of carbonyl (C=O) groups excluding carboxylic acids is 2. The first-order chi connectivity index (χ1) is 14.5. The van der Waals surface area contributed by atoms with Crippen LogP contribution in [0.4, 0.5) is 0 Å². The summed E-state index contributed by atoms with van der Waals surface area (Å²) in [7, 11) is 1.20. The SMILES string of the molecule is CCc1ccc(OCCCC(=O)Oc2cccc(/C=C(\C#N)C(=O)OC)c2)c(Br)c1. The van der Waals surface area contributed by atoms with E-state index in [9.17, 15) is 9.59 Å². The number of esters is 2. The maximum atomic E-state index is 12.1. The van der Waals surface area contributed by atoms with Gasteiger partial charge in [-0.2, -0.15) is 5.26 Å². The van der Waals surface area contributed by atoms with Crippen molar-refractivity contribution in [2.75, 3.05) is 13.7 Å². The molecular formula is C23H22BrNO5. The highest BCUT2D eigenvalue weighted by Gasteiger charge is 2.10. The molecule has 0 aliphatic rings. The van der Waals surface area contributed by atoms with Gasteiger partial charge in [0.1, 0.15) is 23.1 Å². The van der Waals surface area contributed by atoms with Gasteiger partial charge in [0.05, 0.1) is 18.2 Å². The molecule has 0 amide bonds. The number of carbonyl (C=O) groups is 2. The van der Waals surface area contributed by atoms with Crippen molar-refractivity contribution in [2.45, 2.75) is 26.2 Å². The Morgan fingerprint density at radius 1 is 1.20 bits per heavy atom. The summed E-state index contributed by atoms with van der Waals surface area (Å²) in [5, 5.41) is 9.03. The van der Waals surface area contributed by atoms with Crippen LogP contribution in [0.1, 0.15) is 30.9 Å². The fourth-order valence-corrected chi connectivity index (χ4v) is 3.08. The molecule has 0 unspecified atom stereocenters. The summed E-state index contributed by atoms with van der Waals surface area (Å²) in [5.41, 5.74) is 1.62. The van der Waals surface area contributed by atoms with Crippen LogP contribution >= 0.6 is 15.9 Å². The number of hydrogen-bond donors (Lipinski definition) is 0. The molecule has 0 heterocycles. The first-order valence-corrected chi connectivity index (χ1v) is 10.2. The molecule has 0 atom stereocenters. The highest BCUT2D eigenvalue weighted by atomic mass is 79.9. The van der Waals surface area contributed by atoms with Gasteiger partial charge in [-0.1, -0.05) is 25.1 Å². The molecule has 0 bridgehead atoms. The fourth-order valence-electron chi connectivity index (χ4n) is 2.54. The standard InChI is InChI=1S/C23H22BrNO5/c1-3-16-9-10-21(20(24)14-16)29-11-5-8-22(26)30-19-7-4-6-17(13-19)12-18(15-25)23(27)28-2/h4,6-7,9-10,12-14H,3,5,8,11H2,1-2H3/b18-12+. The molecule has 0 N–H and O–H groups in total. The van der Waals surface area contributed by atoms with E-state index in [1.54, 1.807) is 30.3 Å². The number of ether oxygens (including phenoxy) is 3. The van der Waals surface area contributed by atoms with Crippen LogP contribution in [-0.4, -0.2) is 25.7 Å². The van der Waals surface area contributed by atoms with Gasteiger partial charge in [0.15, 0.2) is 0 Å². The minimum absolute atomic E-state index is 0.142. The number of aryl methyl sites for hydroxylation is 1. The van der Waals surface area contributed by atoms with Crippen LogP contribution in [0.25, 0.3) is 6.08 Å². The molecule has 2 aromatic rings. The number of benzene rings is 2. The maximum Gasteiger partial charge on any atom is 0.348 e. The van der Waals surface area contributed by atoms with Gasteiger partial charge in [0, 0.05) is 6.42 Å². The highest BCUT2D eigenvalue weighted by Crippen LogP contribution is 2.26. The van der Waals surface area contributed by atoms with Crippen molar-refractivity contribution < 1.29 is 23.8 Å². The Morgan fingerprint density at radius 2 is 2.00 bits per heavy atom. The van der Waals surface area contributed by atoms with Gasteiger partial charge in [-0.05, 0) is 70.2 Å². The monoisotopic (exact) mass is 471 g/mol. The highest BCUT2D eigenvalue weighted by molar-refractivity contribution is 9.10. The molecule has 156 valence electrons. The van der Waals surface area contributed by atoms with Crippen molar-refractivity contribution >= 4 is 33.9 Å². The number of nitriles is 1. The van der Waals surface area contributed by atoms with Crippen LogP contribution in [0.2, 0.25) is 0 Å². The van der Waals surface area contributed by atoms with Gasteiger partial charge < -0.3 is 14.2 Å². The van der Waals surface area contributed by atoms with Crippen LogP contribution in [0.5, 0.6) is 11.5 Å². The molecule has 0 aliphatic heterocycles. The lowest BCUT2D eigenvalue weighted by Gasteiger charge is -2.09. The summed E-state index contributed by atoms with van der Waals surface area (Å²) < 4.78 is 16.5. The second-order valence-electron chi connectivity index (χ2n) is 6.28. The lowest BCUT2D eigenvalue weighted by molar-refractivity contribution is -0.136. The van der Waals surface area contributed by atoms with Crippen molar-refractivity contribution in [2.24, 2.45) is 0 Å². The number of nitrogens with zero attached hydrogens (tertiary/aromatic N) is 1. The fraction of sp³-hybridized carbons (Fsp3) is 0.261. The molecule has 0 fully saturated rings. The third-order valence-corrected chi connectivity index (χ3v) is 4.73. The van der Waals surface area contributed by atoms with Gasteiger partial charge in [0.25, 0.3) is 0 Å². The maximum absolute atomic E-state index is 12.1. The lowest BCUT2D eigenvalue weighted by Crippen LogP contribution is -2.10. The zero-order chi connectivity index (χ0) is 21.9. The van der Waals surface area contributed by atoms with E-state index < -0.39 is 11.9 Å². The van der Waals surface area contributed by atoms with E-state index in [1.807, 2.05) is 18.2 Å². The molecule has 0 aliphatic carbocycles. The molecule has 2 aromatic carbocycles. The molecule has 7 heteroatoms. The van der Waals surface area contributed by atoms with Crippen molar-refractivity contribution in [3.05, 3.63) is 63.6 Å². The average molecular weight is 472 g/mol. The van der Waals surface area contributed by atoms with Crippen LogP contribution < -0.4 is 9.47 Å². The Hall–Kier alpha value is -3.11. The van der Waals surface area contributed by atoms with E-state index in [4.69, 9.17) is 14.7 Å². The van der Waals surface area contributed by atoms with E-state index in [-0.39, 0.29) is 12.0 Å². The number of rotatable bonds is 9. The number of hydrogen-bond acceptors (Lipinski definition) is 6. The van der Waals surface area contributed by atoms with Crippen molar-refractivity contribution in [1.29, 1.82) is 5.26 Å². The molecule has 0 spiro atoms. The first kappa shape index (κ1) is 23.2. The van der Waals surface area contributed by atoms with E-state index >= 15 is 0 Å². The number of methoxy groups -OCH3 is 1. The molecule has 2 rings (SSSR count). The smallest absolute Gasteiger partial charge is 0.348 e. The van der Waals surface area contributed by atoms with E-state index in [0.29, 0.717) is 24.3 Å². The van der Waals surface area contributed by atoms with Gasteiger partial charge in [-0.15, -0.1) is 0 Å². The Balaban J connectivity index is 1.86. The third kappa shape index (κ3) is 7.05. The van der Waals surface area contributed by atoms with Gasteiger partial charge in [-0.25, -0.2) is 4.79 Å². The Bertz CT molecular complexity index is 978. The van der Waals surface area contributed by atoms with Crippen molar-refractivity contribution in [3.63, 3.8) is 0 Å². The van der Waals surface area contributed by atoms with Gasteiger partial charge in [-0.3, -0.25) is 4.79 Å². The van der Waals surface area contributed by atoms with Gasteiger partial charge >= 0.3 is 11.9 Å². The average Bonchev–Trinajstić information content (AvgIpc) is 2.75. The minimum Gasteiger partial charge on any atom is -0.492 e. The zero-order valence-corrected chi connectivity index (χ0v) is 18.4. The molecule has 0 radical (unpaired) electrons. The summed E-state index contributed by atoms with van der Waals surface area (Å²) in [6.07, 6.45) is 3.01. The Labute approximate surface area is 184 Å². The van der Waals surface area contributed by atoms with Crippen LogP contribution in [0.15, 0.2) is 52.5 Å². The predicted molar refractivity (Wildman–Crippen MR) is 116 cm³/mol. The molecular weight excluding hydrogens is 450 g/mol. The van der Waals surface area contributed by atoms with Crippen LogP contribution in [0.3, 0.4) is 0 Å². The molecule has 30 heavy (non-hydrogen) atoms. The Morgan fingerprint density at radius 3 is 2.67 bits per heavy atom. The summed E-state index contributed by atoms with van der Waals surface area (Å²) in [6.45, 7) is 2.47. The lowest BCUT2D eigenvalue weighted by atomic mass is 10.1. The summed E-state index contributed by atoms with van der Waals surface area (Å²) in [5.74, 6) is -0.0573. The molecule has 0 aromatic heterocycles. The quantitative estimate of drug-likeness (QED) is 0.170. The largest absolute Gasteiger partial charge is 0.492 e. The van der Waals surface area contributed by atoms with E-state index in [0.717, 1.165) is 16.6 Å². The first-order valence-electron chi connectivity index (χ1n) is 9.39. The molecule has 0 saturated heterocycles. The molecule has 6 nitrogen and oxygen atoms in total. The summed E-state index contributed by atoms with van der Waals surface area (Å²) in [6, 6.07) is 14.3. The number of halogens is 1. The predicted octanol–water partition coefficient (Wildman–Crippen LogP) is 4.86. The topological polar surface area (TPSA) is 85.6 Å². The third-order valence-electron chi connectivity index (χ3n) is 4.11. The minimum atomic E-state index is -0.726. The van der Waals surface area contributed by atoms with Gasteiger partial charge in [0.2, 0.25) is 0 Å². The van der Waals surface area contributed by atoms with E-state index in [1.165, 1.54) is 18.7 Å². The van der Waals surface area contributed by atoms with Crippen molar-refractivity contribution in [3.8, 4) is 17.6 Å². The second kappa shape index (κ2) is 11.8. The summed E-state index contributed by atoms with van der Waals surface area (Å²) in [4.78, 5) is 23.6. The van der Waals surface area contributed by atoms with Crippen LogP contribution in [-0.2, 0) is 20.7 Å². The zero-order valence-electron chi connectivity index (χ0n) is 16.8. The normalized spacial score (nSPS) is 10.8.